The van der Waals surface area contributed by atoms with Crippen molar-refractivity contribution in [3.63, 3.8) is 0 Å². The predicted octanol–water partition coefficient (Wildman–Crippen LogP) is 0.692. The number of halogens is 2. The summed E-state index contributed by atoms with van der Waals surface area (Å²) in [5.74, 6) is 0. The molecule has 7 heteroatoms. The minimum Gasteiger partial charge on any atom is -0.192 e. The second kappa shape index (κ2) is 3.28. The fraction of sp³-hybridized carbons (Fsp3) is 0. The molecule has 1 heterocycles. The van der Waals surface area contributed by atoms with Crippen molar-refractivity contribution in [2.24, 2.45) is 0 Å². The van der Waals surface area contributed by atoms with E-state index in [-0.39, 0.29) is 28.1 Å². The van der Waals surface area contributed by atoms with Crippen molar-refractivity contribution in [3.8, 4) is 6.07 Å². The van der Waals surface area contributed by atoms with E-state index in [1.54, 1.807) is 6.07 Å². The first-order valence-electron chi connectivity index (χ1n) is 2.44. The molecule has 0 amide bonds. The molecule has 0 saturated carbocycles. The van der Waals surface area contributed by atoms with Gasteiger partial charge in [-0.25, -0.2) is 0 Å². The van der Waals surface area contributed by atoms with E-state index < -0.39 is 0 Å². The normalized spacial score (nSPS) is 9.55. The number of aromatic nitrogens is 2. The van der Waals surface area contributed by atoms with Gasteiger partial charge in [-0.3, -0.25) is 0 Å². The molecule has 1 aromatic rings. The summed E-state index contributed by atoms with van der Waals surface area (Å²) in [7, 11) is 5.31. The summed E-state index contributed by atoms with van der Waals surface area (Å²) in [5, 5.41) is 12.0. The highest BCUT2D eigenvalue weighted by molar-refractivity contribution is 9.10. The zero-order chi connectivity index (χ0) is 8.43. The van der Waals surface area contributed by atoms with Gasteiger partial charge in [0.25, 0.3) is 0 Å². The van der Waals surface area contributed by atoms with Crippen molar-refractivity contribution in [1.82, 2.24) is 9.19 Å². The Bertz CT molecular complexity index is 320. The molecule has 0 fully saturated rings. The Morgan fingerprint density at radius 2 is 2.45 bits per heavy atom. The Morgan fingerprint density at radius 3 is 2.73 bits per heavy atom. The molecular formula is C4BBrFN3S. The van der Waals surface area contributed by atoms with E-state index in [0.717, 1.165) is 4.09 Å². The van der Waals surface area contributed by atoms with Gasteiger partial charge in [0.05, 0.1) is 5.56 Å². The Hall–Kier alpha value is -0.475. The van der Waals surface area contributed by atoms with Crippen LogP contribution in [-0.4, -0.2) is 17.0 Å². The molecule has 0 atom stereocenters. The fourth-order valence-electron chi connectivity index (χ4n) is 0.541. The lowest BCUT2D eigenvalue weighted by molar-refractivity contribution is 0.882. The van der Waals surface area contributed by atoms with E-state index in [9.17, 15) is 3.89 Å². The topological polar surface area (TPSA) is 41.6 Å². The van der Waals surface area contributed by atoms with Gasteiger partial charge >= 0.3 is 0 Å². The lowest BCUT2D eigenvalue weighted by atomic mass is 10.0. The van der Waals surface area contributed by atoms with E-state index in [4.69, 9.17) is 13.1 Å². The van der Waals surface area contributed by atoms with Crippen LogP contribution in [0.15, 0.2) is 4.60 Å². The molecule has 11 heavy (non-hydrogen) atoms. The second-order valence-electron chi connectivity index (χ2n) is 1.60. The Labute approximate surface area is 76.5 Å². The Morgan fingerprint density at radius 1 is 1.82 bits per heavy atom. The van der Waals surface area contributed by atoms with Gasteiger partial charge in [-0.2, -0.15) is 14.4 Å². The van der Waals surface area contributed by atoms with Gasteiger partial charge in [-0.1, -0.05) is 0 Å². The predicted molar refractivity (Wildman–Crippen MR) is 44.1 cm³/mol. The monoisotopic (exact) mass is 231 g/mol. The zero-order valence-electron chi connectivity index (χ0n) is 5.08. The molecule has 1 aromatic heterocycles. The molecule has 0 aliphatic carbocycles. The van der Waals surface area contributed by atoms with Crippen LogP contribution < -0.4 is 5.59 Å². The lowest BCUT2D eigenvalue weighted by Gasteiger charge is -1.90. The Kier molecular flexibility index (Phi) is 2.57. The van der Waals surface area contributed by atoms with Gasteiger partial charge in [-0.05, 0) is 15.9 Å². The number of hydrogen-bond donors (Lipinski definition) is 0. The molecule has 0 unspecified atom stereocenters. The second-order valence-corrected chi connectivity index (χ2v) is 2.84. The van der Waals surface area contributed by atoms with Crippen LogP contribution in [0, 0.1) is 11.3 Å². The SMILES string of the molecule is [B]c1c(C#N)c(Br)nn1SF. The van der Waals surface area contributed by atoms with Crippen molar-refractivity contribution in [1.29, 1.82) is 5.26 Å². The third-order valence-electron chi connectivity index (χ3n) is 1.02. The van der Waals surface area contributed by atoms with Crippen LogP contribution in [0.5, 0.6) is 0 Å². The summed E-state index contributed by atoms with van der Waals surface area (Å²) in [5.41, 5.74) is 0.155. The quantitative estimate of drug-likeness (QED) is 0.668. The van der Waals surface area contributed by atoms with Crippen molar-refractivity contribution in [3.05, 3.63) is 10.2 Å². The maximum Gasteiger partial charge on any atom is 0.186 e. The van der Waals surface area contributed by atoms with Crippen LogP contribution >= 0.6 is 28.3 Å². The highest BCUT2D eigenvalue weighted by Crippen LogP contribution is 2.13. The molecule has 0 aliphatic rings. The summed E-state index contributed by atoms with van der Waals surface area (Å²) in [4.78, 5) is 0. The van der Waals surface area contributed by atoms with E-state index >= 15 is 0 Å². The third-order valence-corrected chi connectivity index (χ3v) is 1.99. The summed E-state index contributed by atoms with van der Waals surface area (Å²) in [6.45, 7) is 0. The standard InChI is InChI=1S/C4BBrFN3S/c5-3-2(1-8)4(6)9-10(3)11-7. The molecule has 0 bridgehead atoms. The van der Waals surface area contributed by atoms with Crippen LogP contribution in [0.25, 0.3) is 0 Å². The average molecular weight is 232 g/mol. The molecule has 0 saturated heterocycles. The lowest BCUT2D eigenvalue weighted by Crippen LogP contribution is -2.14. The summed E-state index contributed by atoms with van der Waals surface area (Å²) in [6, 6.07) is 1.78. The van der Waals surface area contributed by atoms with Crippen molar-refractivity contribution in [2.45, 2.75) is 0 Å². The molecule has 1 rings (SSSR count). The van der Waals surface area contributed by atoms with Gasteiger partial charge in [0.15, 0.2) is 12.3 Å². The number of rotatable bonds is 1. The van der Waals surface area contributed by atoms with Crippen molar-refractivity contribution >= 4 is 41.7 Å². The minimum atomic E-state index is -0.155. The maximum atomic E-state index is 11.9. The first kappa shape index (κ1) is 8.62. The van der Waals surface area contributed by atoms with Crippen LogP contribution in [-0.2, 0) is 0 Å². The molecule has 0 N–H and O–H groups in total. The maximum absolute atomic E-state index is 11.9. The smallest absolute Gasteiger partial charge is 0.186 e. The van der Waals surface area contributed by atoms with Gasteiger partial charge in [0.2, 0.25) is 0 Å². The van der Waals surface area contributed by atoms with E-state index in [1.165, 1.54) is 0 Å². The highest BCUT2D eigenvalue weighted by Gasteiger charge is 2.11. The fourth-order valence-corrected chi connectivity index (χ4v) is 1.37. The van der Waals surface area contributed by atoms with Crippen molar-refractivity contribution < 1.29 is 3.89 Å². The molecular weight excluding hydrogens is 232 g/mol. The van der Waals surface area contributed by atoms with E-state index in [0.29, 0.717) is 0 Å². The van der Waals surface area contributed by atoms with Gasteiger partial charge < -0.3 is 0 Å². The number of hydrogen-bond acceptors (Lipinski definition) is 3. The minimum absolute atomic E-state index is 0.00637. The van der Waals surface area contributed by atoms with Gasteiger partial charge in [0.1, 0.15) is 18.5 Å². The number of nitriles is 1. The first-order valence-corrected chi connectivity index (χ1v) is 3.90. The van der Waals surface area contributed by atoms with Gasteiger partial charge in [0, 0.05) is 5.59 Å². The van der Waals surface area contributed by atoms with E-state index in [1.807, 2.05) is 0 Å². The summed E-state index contributed by atoms with van der Waals surface area (Å²) < 4.78 is 13.0. The van der Waals surface area contributed by atoms with E-state index in [2.05, 4.69) is 21.0 Å². The molecule has 0 aromatic carbocycles. The number of nitrogens with zero attached hydrogens (tertiary/aromatic N) is 3. The van der Waals surface area contributed by atoms with Crippen LogP contribution in [0.4, 0.5) is 3.89 Å². The van der Waals surface area contributed by atoms with Gasteiger partial charge in [-0.15, -0.1) is 3.89 Å². The molecule has 0 spiro atoms. The Balaban J connectivity index is 3.28. The third kappa shape index (κ3) is 1.41. The van der Waals surface area contributed by atoms with Crippen molar-refractivity contribution in [2.75, 3.05) is 0 Å². The summed E-state index contributed by atoms with van der Waals surface area (Å²) >= 11 is 2.80. The summed E-state index contributed by atoms with van der Waals surface area (Å²) in [6.07, 6.45) is 0. The first-order chi connectivity index (χ1) is 5.20. The molecule has 0 aliphatic heterocycles. The molecule has 3 nitrogen and oxygen atoms in total. The van der Waals surface area contributed by atoms with Crippen LogP contribution in [0.1, 0.15) is 5.56 Å². The average Bonchev–Trinajstić information content (AvgIpc) is 2.26. The zero-order valence-corrected chi connectivity index (χ0v) is 7.49. The highest BCUT2D eigenvalue weighted by atomic mass is 79.9. The largest absolute Gasteiger partial charge is 0.192 e. The molecule has 2 radical (unpaired) electrons. The van der Waals surface area contributed by atoms with Crippen LogP contribution in [0.2, 0.25) is 0 Å². The molecule has 54 valence electrons. The van der Waals surface area contributed by atoms with Crippen LogP contribution in [0.3, 0.4) is 0 Å².